The number of hydrogen-bond donors (Lipinski definition) is 2. The minimum Gasteiger partial charge on any atom is -0.395 e. The second kappa shape index (κ2) is 2.53. The summed E-state index contributed by atoms with van der Waals surface area (Å²) in [5, 5.41) is 0. The Morgan fingerprint density at radius 3 is 2.64 bits per heavy atom. The van der Waals surface area contributed by atoms with E-state index in [0.29, 0.717) is 0 Å². The number of nitrogen functional groups attached to an aromatic ring is 1. The van der Waals surface area contributed by atoms with Crippen molar-refractivity contribution in [2.45, 2.75) is 0 Å². The standard InChI is InChI=1S/C6H6FN3O/c7-5-3(8)1-2-4(10-5)6(9)11/h1-2H,8H2,(H2,9,11). The Balaban J connectivity index is 3.15. The Hall–Kier alpha value is -1.65. The van der Waals surface area contributed by atoms with Gasteiger partial charge in [-0.1, -0.05) is 0 Å². The van der Waals surface area contributed by atoms with Gasteiger partial charge in [-0.2, -0.15) is 4.39 Å². The van der Waals surface area contributed by atoms with Gasteiger partial charge in [0.15, 0.2) is 0 Å². The lowest BCUT2D eigenvalue weighted by Gasteiger charge is -1.96. The van der Waals surface area contributed by atoms with Gasteiger partial charge in [0.1, 0.15) is 5.69 Å². The van der Waals surface area contributed by atoms with Gasteiger partial charge in [0.05, 0.1) is 5.69 Å². The van der Waals surface area contributed by atoms with Crippen LogP contribution in [0.15, 0.2) is 12.1 Å². The zero-order valence-electron chi connectivity index (χ0n) is 5.54. The lowest BCUT2D eigenvalue weighted by Crippen LogP contribution is -2.14. The number of amides is 1. The monoisotopic (exact) mass is 155 g/mol. The third-order valence-electron chi connectivity index (χ3n) is 1.13. The summed E-state index contributed by atoms with van der Waals surface area (Å²) < 4.78 is 12.5. The normalized spacial score (nSPS) is 9.55. The van der Waals surface area contributed by atoms with Crippen LogP contribution in [0.2, 0.25) is 0 Å². The molecule has 1 aromatic rings. The zero-order valence-corrected chi connectivity index (χ0v) is 5.54. The first-order valence-electron chi connectivity index (χ1n) is 2.83. The highest BCUT2D eigenvalue weighted by molar-refractivity contribution is 5.90. The number of anilines is 1. The molecule has 0 aliphatic carbocycles. The van der Waals surface area contributed by atoms with Crippen molar-refractivity contribution in [3.8, 4) is 0 Å². The molecule has 58 valence electrons. The number of hydrogen-bond acceptors (Lipinski definition) is 3. The number of primary amides is 1. The maximum Gasteiger partial charge on any atom is 0.267 e. The summed E-state index contributed by atoms with van der Waals surface area (Å²) in [7, 11) is 0. The summed E-state index contributed by atoms with van der Waals surface area (Å²) in [4.78, 5) is 13.6. The molecule has 0 atom stereocenters. The molecule has 4 nitrogen and oxygen atoms in total. The molecule has 0 unspecified atom stereocenters. The van der Waals surface area contributed by atoms with Gasteiger partial charge in [0, 0.05) is 0 Å². The lowest BCUT2D eigenvalue weighted by atomic mass is 10.3. The van der Waals surface area contributed by atoms with Crippen LogP contribution in [-0.2, 0) is 0 Å². The van der Waals surface area contributed by atoms with E-state index in [1.54, 1.807) is 0 Å². The first kappa shape index (κ1) is 7.46. The minimum absolute atomic E-state index is 0.102. The van der Waals surface area contributed by atoms with Gasteiger partial charge in [-0.15, -0.1) is 0 Å². The van der Waals surface area contributed by atoms with Gasteiger partial charge >= 0.3 is 0 Å². The molecule has 0 bridgehead atoms. The number of carbonyl (C=O) groups is 1. The van der Waals surface area contributed by atoms with Gasteiger partial charge in [-0.25, -0.2) is 4.98 Å². The van der Waals surface area contributed by atoms with E-state index in [1.807, 2.05) is 0 Å². The van der Waals surface area contributed by atoms with E-state index in [0.717, 1.165) is 0 Å². The molecule has 0 saturated carbocycles. The third-order valence-corrected chi connectivity index (χ3v) is 1.13. The van der Waals surface area contributed by atoms with Crippen LogP contribution >= 0.6 is 0 Å². The van der Waals surface area contributed by atoms with Crippen LogP contribution in [-0.4, -0.2) is 10.9 Å². The Labute approximate surface area is 62.0 Å². The van der Waals surface area contributed by atoms with Crippen LogP contribution in [0.1, 0.15) is 10.5 Å². The van der Waals surface area contributed by atoms with Crippen LogP contribution in [0.5, 0.6) is 0 Å². The molecule has 0 spiro atoms. The van der Waals surface area contributed by atoms with E-state index in [1.165, 1.54) is 12.1 Å². The number of pyridine rings is 1. The van der Waals surface area contributed by atoms with Crippen LogP contribution in [0.25, 0.3) is 0 Å². The maximum absolute atomic E-state index is 12.5. The molecule has 5 heteroatoms. The van der Waals surface area contributed by atoms with E-state index in [4.69, 9.17) is 11.5 Å². The van der Waals surface area contributed by atoms with Gasteiger partial charge in [-0.3, -0.25) is 4.79 Å². The molecule has 1 heterocycles. The van der Waals surface area contributed by atoms with Crippen molar-refractivity contribution >= 4 is 11.6 Å². The predicted octanol–water partition coefficient (Wildman–Crippen LogP) is -0.0982. The molecule has 0 aromatic carbocycles. The smallest absolute Gasteiger partial charge is 0.267 e. The van der Waals surface area contributed by atoms with Crippen molar-refractivity contribution in [2.24, 2.45) is 5.73 Å². The van der Waals surface area contributed by atoms with Crippen LogP contribution in [0, 0.1) is 5.95 Å². The Kier molecular flexibility index (Phi) is 1.72. The van der Waals surface area contributed by atoms with E-state index in [-0.39, 0.29) is 11.4 Å². The van der Waals surface area contributed by atoms with Crippen LogP contribution in [0.4, 0.5) is 10.1 Å². The van der Waals surface area contributed by atoms with Crippen molar-refractivity contribution in [3.63, 3.8) is 0 Å². The van der Waals surface area contributed by atoms with Crippen molar-refractivity contribution in [2.75, 3.05) is 5.73 Å². The molecule has 1 aromatic heterocycles. The topological polar surface area (TPSA) is 82.0 Å². The van der Waals surface area contributed by atoms with Crippen molar-refractivity contribution in [1.82, 2.24) is 4.98 Å². The highest BCUT2D eigenvalue weighted by atomic mass is 19.1. The molecule has 1 amide bonds. The van der Waals surface area contributed by atoms with Crippen molar-refractivity contribution < 1.29 is 9.18 Å². The molecule has 0 radical (unpaired) electrons. The first-order chi connectivity index (χ1) is 5.11. The zero-order chi connectivity index (χ0) is 8.43. The maximum atomic E-state index is 12.5. The van der Waals surface area contributed by atoms with Gasteiger partial charge in [0.2, 0.25) is 5.95 Å². The highest BCUT2D eigenvalue weighted by Gasteiger charge is 2.05. The summed E-state index contributed by atoms with van der Waals surface area (Å²) in [5.74, 6) is -1.65. The first-order valence-corrected chi connectivity index (χ1v) is 2.83. The van der Waals surface area contributed by atoms with E-state index in [9.17, 15) is 9.18 Å². The van der Waals surface area contributed by atoms with Crippen LogP contribution < -0.4 is 11.5 Å². The number of carbonyl (C=O) groups excluding carboxylic acids is 1. The average Bonchev–Trinajstić information content (AvgIpc) is 1.94. The van der Waals surface area contributed by atoms with Crippen LogP contribution in [0.3, 0.4) is 0 Å². The number of nitrogens with zero attached hydrogens (tertiary/aromatic N) is 1. The number of rotatable bonds is 1. The second-order valence-corrected chi connectivity index (χ2v) is 1.94. The highest BCUT2D eigenvalue weighted by Crippen LogP contribution is 2.06. The van der Waals surface area contributed by atoms with Gasteiger partial charge in [0.25, 0.3) is 5.91 Å². The molecule has 11 heavy (non-hydrogen) atoms. The number of nitrogens with two attached hydrogens (primary N) is 2. The van der Waals surface area contributed by atoms with Gasteiger partial charge < -0.3 is 11.5 Å². The minimum atomic E-state index is -0.874. The summed E-state index contributed by atoms with van der Waals surface area (Å²) in [6, 6.07) is 2.50. The van der Waals surface area contributed by atoms with Crippen molar-refractivity contribution in [1.29, 1.82) is 0 Å². The molecule has 0 aliphatic rings. The largest absolute Gasteiger partial charge is 0.395 e. The van der Waals surface area contributed by atoms with E-state index >= 15 is 0 Å². The molecule has 4 N–H and O–H groups in total. The van der Waals surface area contributed by atoms with E-state index in [2.05, 4.69) is 4.98 Å². The quantitative estimate of drug-likeness (QED) is 0.555. The summed E-state index contributed by atoms with van der Waals surface area (Å²) in [6.45, 7) is 0. The third kappa shape index (κ3) is 1.43. The summed E-state index contributed by atoms with van der Waals surface area (Å²) >= 11 is 0. The fourth-order valence-corrected chi connectivity index (χ4v) is 0.582. The van der Waals surface area contributed by atoms with Crippen molar-refractivity contribution in [3.05, 3.63) is 23.8 Å². The summed E-state index contributed by atoms with van der Waals surface area (Å²) in [6.07, 6.45) is 0. The lowest BCUT2D eigenvalue weighted by molar-refractivity contribution is 0.0994. The van der Waals surface area contributed by atoms with E-state index < -0.39 is 11.9 Å². The Morgan fingerprint density at radius 2 is 2.18 bits per heavy atom. The molecule has 0 fully saturated rings. The summed E-state index contributed by atoms with van der Waals surface area (Å²) in [5.41, 5.74) is 9.69. The SMILES string of the molecule is NC(=O)c1ccc(N)c(F)n1. The molecular formula is C6H6FN3O. The Bertz CT molecular complexity index is 300. The Morgan fingerprint density at radius 1 is 1.55 bits per heavy atom. The second-order valence-electron chi connectivity index (χ2n) is 1.94. The molecule has 1 rings (SSSR count). The van der Waals surface area contributed by atoms with Gasteiger partial charge in [-0.05, 0) is 12.1 Å². The fraction of sp³-hybridized carbons (Fsp3) is 0. The molecular weight excluding hydrogens is 149 g/mol. The predicted molar refractivity (Wildman–Crippen MR) is 37.1 cm³/mol. The molecule has 0 saturated heterocycles. The average molecular weight is 155 g/mol. The number of aromatic nitrogens is 1. The number of halogens is 1. The fourth-order valence-electron chi connectivity index (χ4n) is 0.582. The molecule has 0 aliphatic heterocycles.